The molecule has 3 aromatic rings. The molecule has 0 unspecified atom stereocenters. The Bertz CT molecular complexity index is 729. The predicted molar refractivity (Wildman–Crippen MR) is 72.9 cm³/mol. The first kappa shape index (κ1) is 11.7. The van der Waals surface area contributed by atoms with E-state index in [1.807, 2.05) is 24.3 Å². The Balaban J connectivity index is 2.11. The quantitative estimate of drug-likeness (QED) is 0.769. The average molecular weight is 274 g/mol. The van der Waals surface area contributed by atoms with Gasteiger partial charge < -0.3 is 14.8 Å². The summed E-state index contributed by atoms with van der Waals surface area (Å²) in [6.45, 7) is 0. The highest BCUT2D eigenvalue weighted by Gasteiger charge is 2.14. The summed E-state index contributed by atoms with van der Waals surface area (Å²) in [6.07, 6.45) is 0. The fourth-order valence-electron chi connectivity index (χ4n) is 1.87. The lowest BCUT2D eigenvalue weighted by atomic mass is 10.2. The van der Waals surface area contributed by atoms with E-state index >= 15 is 0 Å². The summed E-state index contributed by atoms with van der Waals surface area (Å²) in [7, 11) is 1.61. The van der Waals surface area contributed by atoms with E-state index in [9.17, 15) is 4.79 Å². The molecule has 0 bridgehead atoms. The van der Waals surface area contributed by atoms with Crippen molar-refractivity contribution in [1.29, 1.82) is 0 Å². The number of thiazole rings is 1. The van der Waals surface area contributed by atoms with Gasteiger partial charge in [0.15, 0.2) is 0 Å². The number of aromatic carboxylic acids is 1. The number of rotatable bonds is 3. The van der Waals surface area contributed by atoms with E-state index in [1.54, 1.807) is 13.2 Å². The molecule has 5 nitrogen and oxygen atoms in total. The Kier molecular flexibility index (Phi) is 2.72. The lowest BCUT2D eigenvalue weighted by Crippen LogP contribution is -1.95. The van der Waals surface area contributed by atoms with Crippen LogP contribution < -0.4 is 4.74 Å². The fourth-order valence-corrected chi connectivity index (χ4v) is 2.86. The standard InChI is InChI=1S/C13H10N2O3S/c1-18-9-5-3-2-4-7(9)12-15-11-10(19-12)6-8(14-11)13(16)17/h2-6,14H,1H3,(H,16,17). The number of hydrogen-bond donors (Lipinski definition) is 2. The van der Waals surface area contributed by atoms with Crippen molar-refractivity contribution >= 4 is 27.7 Å². The maximum Gasteiger partial charge on any atom is 0.352 e. The van der Waals surface area contributed by atoms with Crippen LogP contribution in [0.2, 0.25) is 0 Å². The van der Waals surface area contributed by atoms with E-state index in [0.29, 0.717) is 5.65 Å². The first-order valence-corrected chi connectivity index (χ1v) is 6.37. The number of ether oxygens (including phenoxy) is 1. The summed E-state index contributed by atoms with van der Waals surface area (Å²) < 4.78 is 6.11. The normalized spacial score (nSPS) is 10.8. The zero-order valence-corrected chi connectivity index (χ0v) is 10.8. The van der Waals surface area contributed by atoms with E-state index < -0.39 is 5.97 Å². The van der Waals surface area contributed by atoms with Gasteiger partial charge in [-0.15, -0.1) is 11.3 Å². The number of hydrogen-bond acceptors (Lipinski definition) is 4. The average Bonchev–Trinajstić information content (AvgIpc) is 2.96. The second-order valence-corrected chi connectivity index (χ2v) is 4.95. The van der Waals surface area contributed by atoms with Crippen LogP contribution in [0.1, 0.15) is 10.5 Å². The van der Waals surface area contributed by atoms with Gasteiger partial charge in [-0.2, -0.15) is 0 Å². The van der Waals surface area contributed by atoms with Crippen LogP contribution in [0.15, 0.2) is 30.3 Å². The number of methoxy groups -OCH3 is 1. The summed E-state index contributed by atoms with van der Waals surface area (Å²) in [5.41, 5.74) is 1.64. The number of aromatic amines is 1. The Morgan fingerprint density at radius 3 is 2.89 bits per heavy atom. The number of para-hydroxylation sites is 1. The van der Waals surface area contributed by atoms with Crippen LogP contribution in [0, 0.1) is 0 Å². The number of H-pyrrole nitrogens is 1. The van der Waals surface area contributed by atoms with Crippen molar-refractivity contribution in [3.63, 3.8) is 0 Å². The van der Waals surface area contributed by atoms with Crippen LogP contribution in [-0.2, 0) is 0 Å². The molecule has 2 N–H and O–H groups in total. The highest BCUT2D eigenvalue weighted by atomic mass is 32.1. The van der Waals surface area contributed by atoms with Crippen LogP contribution in [0.3, 0.4) is 0 Å². The van der Waals surface area contributed by atoms with Crippen molar-refractivity contribution in [2.24, 2.45) is 0 Å². The second-order valence-electron chi connectivity index (χ2n) is 3.92. The third-order valence-corrected chi connectivity index (χ3v) is 3.79. The van der Waals surface area contributed by atoms with Gasteiger partial charge in [-0.25, -0.2) is 9.78 Å². The van der Waals surface area contributed by atoms with Gasteiger partial charge in [0.25, 0.3) is 0 Å². The minimum Gasteiger partial charge on any atom is -0.496 e. The Morgan fingerprint density at radius 1 is 1.42 bits per heavy atom. The molecule has 96 valence electrons. The zero-order chi connectivity index (χ0) is 13.4. The molecule has 0 saturated carbocycles. The van der Waals surface area contributed by atoms with Gasteiger partial charge in [0.05, 0.1) is 17.4 Å². The number of nitrogens with zero attached hydrogens (tertiary/aromatic N) is 1. The predicted octanol–water partition coefficient (Wildman–Crippen LogP) is 3.00. The van der Waals surface area contributed by atoms with Crippen LogP contribution in [-0.4, -0.2) is 28.2 Å². The Labute approximate surface area is 112 Å². The third kappa shape index (κ3) is 1.96. The zero-order valence-electron chi connectivity index (χ0n) is 10.0. The molecule has 0 spiro atoms. The van der Waals surface area contributed by atoms with Crippen molar-refractivity contribution in [3.8, 4) is 16.3 Å². The number of carboxylic acids is 1. The topological polar surface area (TPSA) is 75.2 Å². The SMILES string of the molecule is COc1ccccc1-c1nc2[nH]c(C(=O)O)cc2s1. The van der Waals surface area contributed by atoms with Gasteiger partial charge >= 0.3 is 5.97 Å². The van der Waals surface area contributed by atoms with Crippen molar-refractivity contribution in [1.82, 2.24) is 9.97 Å². The highest BCUT2D eigenvalue weighted by molar-refractivity contribution is 7.21. The van der Waals surface area contributed by atoms with Gasteiger partial charge in [0.1, 0.15) is 22.1 Å². The summed E-state index contributed by atoms with van der Waals surface area (Å²) in [5, 5.41) is 9.70. The number of fused-ring (bicyclic) bond motifs is 1. The molecule has 0 aliphatic carbocycles. The Hall–Kier alpha value is -2.34. The first-order chi connectivity index (χ1) is 9.19. The Morgan fingerprint density at radius 2 is 2.21 bits per heavy atom. The molecule has 1 aromatic carbocycles. The molecule has 0 saturated heterocycles. The molecule has 2 heterocycles. The van der Waals surface area contributed by atoms with Crippen molar-refractivity contribution < 1.29 is 14.6 Å². The molecule has 3 rings (SSSR count). The van der Waals surface area contributed by atoms with E-state index in [-0.39, 0.29) is 5.69 Å². The molecule has 0 amide bonds. The molecule has 0 radical (unpaired) electrons. The molecule has 6 heteroatoms. The summed E-state index contributed by atoms with van der Waals surface area (Å²) in [4.78, 5) is 18.0. The molecule has 0 fully saturated rings. The van der Waals surface area contributed by atoms with Gasteiger partial charge in [-0.3, -0.25) is 0 Å². The van der Waals surface area contributed by atoms with Crippen LogP contribution in [0.4, 0.5) is 0 Å². The molecular formula is C13H10N2O3S. The van der Waals surface area contributed by atoms with E-state index in [2.05, 4.69) is 9.97 Å². The monoisotopic (exact) mass is 274 g/mol. The first-order valence-electron chi connectivity index (χ1n) is 5.55. The third-order valence-electron chi connectivity index (χ3n) is 2.75. The van der Waals surface area contributed by atoms with Gasteiger partial charge in [-0.1, -0.05) is 12.1 Å². The molecular weight excluding hydrogens is 264 g/mol. The maximum absolute atomic E-state index is 10.8. The van der Waals surface area contributed by atoms with Crippen LogP contribution >= 0.6 is 11.3 Å². The lowest BCUT2D eigenvalue weighted by Gasteiger charge is -2.04. The number of carboxylic acid groups (broad SMARTS) is 1. The smallest absolute Gasteiger partial charge is 0.352 e. The van der Waals surface area contributed by atoms with Crippen LogP contribution in [0.5, 0.6) is 5.75 Å². The molecule has 0 aliphatic heterocycles. The van der Waals surface area contributed by atoms with Gasteiger partial charge in [0.2, 0.25) is 0 Å². The fraction of sp³-hybridized carbons (Fsp3) is 0.0769. The minimum absolute atomic E-state index is 0.153. The van der Waals surface area contributed by atoms with Crippen molar-refractivity contribution in [3.05, 3.63) is 36.0 Å². The number of aromatic nitrogens is 2. The lowest BCUT2D eigenvalue weighted by molar-refractivity contribution is 0.0691. The van der Waals surface area contributed by atoms with E-state index in [0.717, 1.165) is 21.0 Å². The van der Waals surface area contributed by atoms with E-state index in [4.69, 9.17) is 9.84 Å². The van der Waals surface area contributed by atoms with Crippen molar-refractivity contribution in [2.75, 3.05) is 7.11 Å². The molecule has 2 aromatic heterocycles. The highest BCUT2D eigenvalue weighted by Crippen LogP contribution is 2.35. The number of nitrogens with one attached hydrogen (secondary N) is 1. The van der Waals surface area contributed by atoms with Crippen molar-refractivity contribution in [2.45, 2.75) is 0 Å². The van der Waals surface area contributed by atoms with Gasteiger partial charge in [0, 0.05) is 0 Å². The largest absolute Gasteiger partial charge is 0.496 e. The molecule has 0 atom stereocenters. The summed E-state index contributed by atoms with van der Waals surface area (Å²) in [6, 6.07) is 9.19. The summed E-state index contributed by atoms with van der Waals surface area (Å²) in [5.74, 6) is -0.235. The molecule has 0 aliphatic rings. The van der Waals surface area contributed by atoms with Gasteiger partial charge in [-0.05, 0) is 18.2 Å². The summed E-state index contributed by atoms with van der Waals surface area (Å²) >= 11 is 1.43. The maximum atomic E-state index is 10.8. The van der Waals surface area contributed by atoms with Crippen LogP contribution in [0.25, 0.3) is 20.9 Å². The number of benzene rings is 1. The number of carbonyl (C=O) groups is 1. The second kappa shape index (κ2) is 4.40. The van der Waals surface area contributed by atoms with E-state index in [1.165, 1.54) is 11.3 Å². The molecule has 19 heavy (non-hydrogen) atoms. The minimum atomic E-state index is -0.982.